The van der Waals surface area contributed by atoms with Crippen LogP contribution in [-0.2, 0) is 9.53 Å². The third-order valence-corrected chi connectivity index (χ3v) is 4.16. The van der Waals surface area contributed by atoms with E-state index < -0.39 is 26.5 Å². The second-order valence-corrected chi connectivity index (χ2v) is 7.09. The molecule has 0 saturated carbocycles. The lowest BCUT2D eigenvalue weighted by molar-refractivity contribution is -0.274. The molecule has 0 radical (unpaired) electrons. The number of alkyl halides is 3. The molecule has 11 heteroatoms. The van der Waals surface area contributed by atoms with Crippen LogP contribution in [0.25, 0.3) is 0 Å². The zero-order chi connectivity index (χ0) is 22.3. The number of halogens is 3. The van der Waals surface area contributed by atoms with Gasteiger partial charge in [-0.2, -0.15) is 0 Å². The minimum Gasteiger partial charge on any atom is -0.575 e. The van der Waals surface area contributed by atoms with Crippen LogP contribution in [-0.4, -0.2) is 24.5 Å². The summed E-state index contributed by atoms with van der Waals surface area (Å²) < 4.78 is 59.6. The van der Waals surface area contributed by atoms with Crippen molar-refractivity contribution in [1.29, 1.82) is 0 Å². The molecule has 0 heterocycles. The number of ether oxygens (including phenoxy) is 3. The topological polar surface area (TPSA) is 89.4 Å². The predicted molar refractivity (Wildman–Crippen MR) is 100 cm³/mol. The van der Waals surface area contributed by atoms with E-state index in [0.717, 1.165) is 12.1 Å². The van der Waals surface area contributed by atoms with Crippen molar-refractivity contribution in [2.45, 2.75) is 39.3 Å². The SMILES string of the molecule is CC(C)OC(=O)[C@H](C)N=[P+]([O-])Oc1ccc(Oc2ccc(OC(F)(F)F)cc2)cc1. The number of hydrogen-bond donors (Lipinski definition) is 0. The Labute approximate surface area is 172 Å². The molecule has 0 aliphatic rings. The molecule has 0 aliphatic heterocycles. The van der Waals surface area contributed by atoms with Gasteiger partial charge in [0.25, 0.3) is 0 Å². The summed E-state index contributed by atoms with van der Waals surface area (Å²) in [5, 5.41) is 0. The highest BCUT2D eigenvalue weighted by Gasteiger charge is 2.31. The highest BCUT2D eigenvalue weighted by Crippen LogP contribution is 2.30. The fourth-order valence-corrected chi connectivity index (χ4v) is 2.77. The fraction of sp³-hybridized carbons (Fsp3) is 0.316. The van der Waals surface area contributed by atoms with E-state index in [1.165, 1.54) is 43.3 Å². The number of nitrogens with zero attached hydrogens (tertiary/aromatic N) is 1. The molecule has 0 spiro atoms. The first-order valence-electron chi connectivity index (χ1n) is 8.72. The first-order valence-corrected chi connectivity index (χ1v) is 9.85. The molecule has 0 aliphatic carbocycles. The van der Waals surface area contributed by atoms with Crippen LogP contribution in [0.5, 0.6) is 23.0 Å². The Bertz CT molecular complexity index is 869. The summed E-state index contributed by atoms with van der Waals surface area (Å²) >= 11 is 0. The highest BCUT2D eigenvalue weighted by molar-refractivity contribution is 7.34. The Hall–Kier alpha value is -2.84. The zero-order valence-electron chi connectivity index (χ0n) is 16.3. The molecule has 0 bridgehead atoms. The summed E-state index contributed by atoms with van der Waals surface area (Å²) in [6.45, 7) is 4.83. The van der Waals surface area contributed by atoms with Gasteiger partial charge in [0.2, 0.25) is 0 Å². The second-order valence-electron chi connectivity index (χ2n) is 6.20. The average Bonchev–Trinajstić information content (AvgIpc) is 2.63. The van der Waals surface area contributed by atoms with Crippen molar-refractivity contribution in [3.05, 3.63) is 48.5 Å². The van der Waals surface area contributed by atoms with Crippen LogP contribution in [0.2, 0.25) is 0 Å². The quantitative estimate of drug-likeness (QED) is 0.422. The summed E-state index contributed by atoms with van der Waals surface area (Å²) in [7, 11) is -2.50. The largest absolute Gasteiger partial charge is 0.575 e. The van der Waals surface area contributed by atoms with E-state index in [0.29, 0.717) is 5.75 Å². The molecule has 162 valence electrons. The Morgan fingerprint density at radius 2 is 1.40 bits per heavy atom. The third-order valence-electron chi connectivity index (χ3n) is 3.26. The summed E-state index contributed by atoms with van der Waals surface area (Å²) in [6, 6.07) is 9.90. The highest BCUT2D eigenvalue weighted by atomic mass is 31.1. The average molecular weight is 445 g/mol. The van der Waals surface area contributed by atoms with Crippen molar-refractivity contribution in [3.8, 4) is 23.0 Å². The molecular weight excluding hydrogens is 426 g/mol. The number of esters is 1. The molecule has 30 heavy (non-hydrogen) atoms. The van der Waals surface area contributed by atoms with Crippen molar-refractivity contribution in [2.24, 2.45) is 4.74 Å². The zero-order valence-corrected chi connectivity index (χ0v) is 17.1. The Morgan fingerprint density at radius 3 is 1.87 bits per heavy atom. The number of benzene rings is 2. The van der Waals surface area contributed by atoms with Gasteiger partial charge in [0.1, 0.15) is 17.2 Å². The van der Waals surface area contributed by atoms with Gasteiger partial charge in [0.05, 0.1) is 6.10 Å². The van der Waals surface area contributed by atoms with Gasteiger partial charge in [-0.25, -0.2) is 4.79 Å². The van der Waals surface area contributed by atoms with Crippen molar-refractivity contribution in [2.75, 3.05) is 0 Å². The Morgan fingerprint density at radius 1 is 0.933 bits per heavy atom. The van der Waals surface area contributed by atoms with E-state index in [2.05, 4.69) is 9.48 Å². The molecule has 2 atom stereocenters. The van der Waals surface area contributed by atoms with Gasteiger partial charge >= 0.3 is 20.5 Å². The lowest BCUT2D eigenvalue weighted by Crippen LogP contribution is -2.21. The maximum absolute atomic E-state index is 12.2. The number of carbonyl (C=O) groups is 1. The predicted octanol–water partition coefficient (Wildman–Crippen LogP) is 4.95. The summed E-state index contributed by atoms with van der Waals surface area (Å²) in [5.41, 5.74) is 0. The van der Waals surface area contributed by atoms with Crippen LogP contribution in [0.3, 0.4) is 0 Å². The monoisotopic (exact) mass is 445 g/mol. The minimum absolute atomic E-state index is 0.227. The van der Waals surface area contributed by atoms with E-state index in [-0.39, 0.29) is 23.4 Å². The minimum atomic E-state index is -4.77. The van der Waals surface area contributed by atoms with Crippen LogP contribution < -0.4 is 18.9 Å². The number of rotatable bonds is 8. The molecule has 0 saturated heterocycles. The van der Waals surface area contributed by atoms with Crippen molar-refractivity contribution in [3.63, 3.8) is 0 Å². The summed E-state index contributed by atoms with van der Waals surface area (Å²) in [4.78, 5) is 23.6. The lowest BCUT2D eigenvalue weighted by atomic mass is 10.3. The molecule has 2 rings (SSSR count). The molecule has 0 amide bonds. The molecule has 0 fully saturated rings. The van der Waals surface area contributed by atoms with E-state index in [1.807, 2.05) is 0 Å². The number of hydrogen-bond acceptors (Lipinski definition) is 7. The fourth-order valence-electron chi connectivity index (χ4n) is 2.05. The Kier molecular flexibility index (Phi) is 8.02. The molecule has 2 aromatic rings. The van der Waals surface area contributed by atoms with E-state index in [1.54, 1.807) is 13.8 Å². The van der Waals surface area contributed by atoms with E-state index in [9.17, 15) is 22.9 Å². The maximum Gasteiger partial charge on any atom is 0.573 e. The number of carbonyl (C=O) groups excluding carboxylic acids is 1. The van der Waals surface area contributed by atoms with Gasteiger partial charge in [-0.1, -0.05) is 4.74 Å². The van der Waals surface area contributed by atoms with Gasteiger partial charge in [-0.15, -0.1) is 13.2 Å². The summed E-state index contributed by atoms with van der Waals surface area (Å²) in [5.74, 6) is -0.0831. The first-order chi connectivity index (χ1) is 14.0. The van der Waals surface area contributed by atoms with E-state index in [4.69, 9.17) is 14.0 Å². The maximum atomic E-state index is 12.2. The molecule has 7 nitrogen and oxygen atoms in total. The normalized spacial score (nSPS) is 13.0. The third kappa shape index (κ3) is 8.26. The molecule has 0 aromatic heterocycles. The van der Waals surface area contributed by atoms with E-state index >= 15 is 0 Å². The summed E-state index contributed by atoms with van der Waals surface area (Å²) in [6.07, 6.45) is -5.08. The molecule has 0 N–H and O–H groups in total. The first kappa shape index (κ1) is 23.4. The van der Waals surface area contributed by atoms with Crippen LogP contribution in [0.1, 0.15) is 20.8 Å². The molecule has 2 aromatic carbocycles. The lowest BCUT2D eigenvalue weighted by Gasteiger charge is -2.10. The van der Waals surface area contributed by atoms with Gasteiger partial charge in [-0.3, -0.25) is 4.52 Å². The molecular formula is C19H19F3NO6P. The second kappa shape index (κ2) is 10.3. The van der Waals surface area contributed by atoms with Crippen molar-refractivity contribution in [1.82, 2.24) is 0 Å². The molecule has 1 unspecified atom stereocenters. The van der Waals surface area contributed by atoms with Gasteiger partial charge < -0.3 is 19.1 Å². The van der Waals surface area contributed by atoms with Crippen molar-refractivity contribution >= 4 is 14.1 Å². The van der Waals surface area contributed by atoms with Crippen LogP contribution in [0.4, 0.5) is 13.2 Å². The Balaban J connectivity index is 1.93. The van der Waals surface area contributed by atoms with Crippen LogP contribution in [0.15, 0.2) is 53.3 Å². The standard InChI is InChI=1S/C19H19F3NO6P/c1-12(2)26-18(24)13(3)23-30(25)29-17-10-6-15(7-11-17)27-14-4-8-16(9-5-14)28-19(20,21)22/h4-13H,1-3H3/t13-/m0/s1. The van der Waals surface area contributed by atoms with Crippen LogP contribution in [0, 0.1) is 0 Å². The van der Waals surface area contributed by atoms with Crippen LogP contribution >= 0.6 is 8.17 Å². The van der Waals surface area contributed by atoms with Gasteiger partial charge in [0, 0.05) is 0 Å². The smallest absolute Gasteiger partial charge is 0.573 e. The van der Waals surface area contributed by atoms with Gasteiger partial charge in [0.15, 0.2) is 11.8 Å². The van der Waals surface area contributed by atoms with Crippen molar-refractivity contribution < 1.29 is 41.6 Å². The van der Waals surface area contributed by atoms with Gasteiger partial charge in [-0.05, 0) is 69.3 Å².